The van der Waals surface area contributed by atoms with Crippen LogP contribution < -0.4 is 0 Å². The molecule has 0 aliphatic heterocycles. The van der Waals surface area contributed by atoms with Crippen molar-refractivity contribution in [3.8, 4) is 0 Å². The summed E-state index contributed by atoms with van der Waals surface area (Å²) in [6, 6.07) is 0. The quantitative estimate of drug-likeness (QED) is 0.289. The fourth-order valence-electron chi connectivity index (χ4n) is 2.17. The van der Waals surface area contributed by atoms with Gasteiger partial charge in [0.05, 0.1) is 12.0 Å². The molecule has 0 unspecified atom stereocenters. The summed E-state index contributed by atoms with van der Waals surface area (Å²) in [5, 5.41) is 0. The van der Waals surface area contributed by atoms with Crippen molar-refractivity contribution in [3.63, 3.8) is 0 Å². The maximum atomic E-state index is 12.4. The van der Waals surface area contributed by atoms with E-state index in [2.05, 4.69) is 20.8 Å². The number of hydrogen-bond acceptors (Lipinski definition) is 3. The van der Waals surface area contributed by atoms with Gasteiger partial charge in [0.1, 0.15) is 0 Å². The smallest absolute Gasteiger partial charge is 0.312 e. The van der Waals surface area contributed by atoms with Gasteiger partial charge in [-0.2, -0.15) is 0 Å². The fourth-order valence-corrected chi connectivity index (χ4v) is 2.86. The molecular formula is C15H29O3P. The Bertz CT molecular complexity index is 246. The van der Waals surface area contributed by atoms with Crippen LogP contribution in [0.4, 0.5) is 0 Å². The number of rotatable bonds is 12. The number of carbonyl (C=O) groups is 1. The molecule has 0 spiro atoms. The van der Waals surface area contributed by atoms with Crippen molar-refractivity contribution in [2.24, 2.45) is 5.41 Å². The normalized spacial score (nSPS) is 11.7. The van der Waals surface area contributed by atoms with Gasteiger partial charge in [-0.15, -0.1) is 0 Å². The van der Waals surface area contributed by atoms with Crippen LogP contribution in [0.25, 0.3) is 0 Å². The summed E-state index contributed by atoms with van der Waals surface area (Å²) in [5.41, 5.74) is -0.525. The third kappa shape index (κ3) is 7.06. The summed E-state index contributed by atoms with van der Waals surface area (Å²) in [6.45, 7) is 6.79. The predicted molar refractivity (Wildman–Crippen MR) is 79.8 cm³/mol. The Kier molecular flexibility index (Phi) is 11.1. The number of ether oxygens (including phenoxy) is 1. The molecule has 0 aromatic heterocycles. The van der Waals surface area contributed by atoms with Gasteiger partial charge in [0, 0.05) is 6.16 Å². The van der Waals surface area contributed by atoms with E-state index in [9.17, 15) is 9.36 Å². The van der Waals surface area contributed by atoms with E-state index >= 15 is 0 Å². The van der Waals surface area contributed by atoms with Crippen molar-refractivity contribution >= 4 is 14.4 Å². The Hall–Kier alpha value is -0.430. The monoisotopic (exact) mass is 288 g/mol. The molecule has 0 saturated heterocycles. The second kappa shape index (κ2) is 11.4. The van der Waals surface area contributed by atoms with Gasteiger partial charge in [-0.3, -0.25) is 9.36 Å². The van der Waals surface area contributed by atoms with Crippen LogP contribution in [0.5, 0.6) is 0 Å². The maximum Gasteiger partial charge on any atom is 0.312 e. The number of carbonyl (C=O) groups excluding carboxylic acids is 1. The Morgan fingerprint density at radius 2 is 1.53 bits per heavy atom. The van der Waals surface area contributed by atoms with Crippen molar-refractivity contribution in [2.45, 2.75) is 72.1 Å². The topological polar surface area (TPSA) is 43.4 Å². The Morgan fingerprint density at radius 3 is 1.95 bits per heavy atom. The third-order valence-corrected chi connectivity index (χ3v) is 4.28. The van der Waals surface area contributed by atoms with Crippen LogP contribution >= 0.6 is 8.46 Å². The molecule has 4 heteroatoms. The van der Waals surface area contributed by atoms with Crippen LogP contribution in [-0.4, -0.2) is 18.7 Å². The van der Waals surface area contributed by atoms with E-state index in [-0.39, 0.29) is 14.4 Å². The predicted octanol–water partition coefficient (Wildman–Crippen LogP) is 4.99. The Morgan fingerprint density at radius 1 is 1.00 bits per heavy atom. The van der Waals surface area contributed by atoms with E-state index in [1.165, 1.54) is 0 Å². The summed E-state index contributed by atoms with van der Waals surface area (Å²) >= 11 is 0. The average molecular weight is 288 g/mol. The van der Waals surface area contributed by atoms with Gasteiger partial charge in [0.25, 0.3) is 0 Å². The molecule has 0 atom stereocenters. The van der Waals surface area contributed by atoms with Gasteiger partial charge in [-0.05, 0) is 19.3 Å². The first kappa shape index (κ1) is 18.6. The van der Waals surface area contributed by atoms with Gasteiger partial charge < -0.3 is 4.74 Å². The summed E-state index contributed by atoms with van der Waals surface area (Å²) in [6.07, 6.45) is 7.98. The zero-order chi connectivity index (χ0) is 14.6. The molecule has 112 valence electrons. The molecule has 0 fully saturated rings. The van der Waals surface area contributed by atoms with Crippen LogP contribution in [0, 0.1) is 5.41 Å². The van der Waals surface area contributed by atoms with Gasteiger partial charge in [0.15, 0.2) is 8.46 Å². The highest BCUT2D eigenvalue weighted by molar-refractivity contribution is 7.23. The maximum absolute atomic E-state index is 12.4. The highest BCUT2D eigenvalue weighted by Gasteiger charge is 2.38. The summed E-state index contributed by atoms with van der Waals surface area (Å²) < 4.78 is 16.5. The number of esters is 1. The fraction of sp³-hybridized carbons (Fsp3) is 0.933. The molecule has 0 heterocycles. The molecule has 0 aliphatic rings. The molecule has 0 saturated carbocycles. The summed E-state index contributed by atoms with van der Waals surface area (Å²) in [5.74, 6) is -0.133. The first-order valence-electron chi connectivity index (χ1n) is 7.63. The van der Waals surface area contributed by atoms with Crippen LogP contribution in [0.2, 0.25) is 0 Å². The lowest BCUT2D eigenvalue weighted by molar-refractivity contribution is -0.155. The van der Waals surface area contributed by atoms with Crippen molar-refractivity contribution < 1.29 is 14.1 Å². The van der Waals surface area contributed by atoms with Gasteiger partial charge in [0.2, 0.25) is 0 Å². The third-order valence-electron chi connectivity index (χ3n) is 3.55. The highest BCUT2D eigenvalue weighted by Crippen LogP contribution is 2.36. The van der Waals surface area contributed by atoms with Gasteiger partial charge in [-0.1, -0.05) is 52.9 Å². The number of hydrogen-bond donors (Lipinski definition) is 0. The van der Waals surface area contributed by atoms with E-state index in [0.717, 1.165) is 51.4 Å². The SMILES string of the molecule is CCCCOC(=O)C(CCCC)(CCCC)CP=O. The van der Waals surface area contributed by atoms with Crippen molar-refractivity contribution in [1.82, 2.24) is 0 Å². The van der Waals surface area contributed by atoms with Crippen molar-refractivity contribution in [3.05, 3.63) is 0 Å². The molecule has 0 aliphatic carbocycles. The van der Waals surface area contributed by atoms with Crippen molar-refractivity contribution in [2.75, 3.05) is 12.8 Å². The first-order chi connectivity index (χ1) is 9.16. The Labute approximate surface area is 119 Å². The van der Waals surface area contributed by atoms with Crippen LogP contribution in [0.1, 0.15) is 72.1 Å². The van der Waals surface area contributed by atoms with E-state index in [1.54, 1.807) is 0 Å². The minimum absolute atomic E-state index is 0.0526. The van der Waals surface area contributed by atoms with E-state index < -0.39 is 5.41 Å². The standard InChI is InChI=1S/C15H29O3P/c1-4-7-10-15(13-19-17,11-8-5-2)14(16)18-12-9-6-3/h4-13H2,1-3H3. The molecule has 0 rings (SSSR count). The molecule has 0 amide bonds. The van der Waals surface area contributed by atoms with E-state index in [1.807, 2.05) is 0 Å². The second-order valence-electron chi connectivity index (χ2n) is 5.26. The molecule has 0 aromatic carbocycles. The molecule has 0 radical (unpaired) electrons. The minimum Gasteiger partial charge on any atom is -0.465 e. The Balaban J connectivity index is 4.72. The van der Waals surface area contributed by atoms with Crippen LogP contribution in [0.15, 0.2) is 0 Å². The molecular weight excluding hydrogens is 259 g/mol. The van der Waals surface area contributed by atoms with Crippen LogP contribution in [-0.2, 0) is 14.1 Å². The molecule has 0 bridgehead atoms. The van der Waals surface area contributed by atoms with Crippen molar-refractivity contribution in [1.29, 1.82) is 0 Å². The van der Waals surface area contributed by atoms with E-state index in [4.69, 9.17) is 4.74 Å². The van der Waals surface area contributed by atoms with Crippen LogP contribution in [0.3, 0.4) is 0 Å². The number of unbranched alkanes of at least 4 members (excludes halogenated alkanes) is 3. The zero-order valence-corrected chi connectivity index (χ0v) is 13.6. The van der Waals surface area contributed by atoms with E-state index in [0.29, 0.717) is 12.8 Å². The van der Waals surface area contributed by atoms with Gasteiger partial charge >= 0.3 is 5.97 Å². The summed E-state index contributed by atoms with van der Waals surface area (Å²) in [4.78, 5) is 12.4. The molecule has 0 N–H and O–H groups in total. The summed E-state index contributed by atoms with van der Waals surface area (Å²) in [7, 11) is 0.0526. The lowest BCUT2D eigenvalue weighted by Gasteiger charge is -2.29. The first-order valence-corrected chi connectivity index (χ1v) is 8.63. The molecule has 3 nitrogen and oxygen atoms in total. The zero-order valence-electron chi connectivity index (χ0n) is 12.7. The highest BCUT2D eigenvalue weighted by atomic mass is 31.1. The van der Waals surface area contributed by atoms with Gasteiger partial charge in [-0.25, -0.2) is 0 Å². The lowest BCUT2D eigenvalue weighted by Crippen LogP contribution is -2.35. The second-order valence-corrected chi connectivity index (χ2v) is 5.84. The molecule has 0 aromatic rings. The average Bonchev–Trinajstić information content (AvgIpc) is 2.42. The molecule has 19 heavy (non-hydrogen) atoms. The largest absolute Gasteiger partial charge is 0.465 e. The lowest BCUT2D eigenvalue weighted by atomic mass is 9.80. The minimum atomic E-state index is -0.525.